The summed E-state index contributed by atoms with van der Waals surface area (Å²) in [5, 5.41) is 5.91. The van der Waals surface area contributed by atoms with Crippen molar-refractivity contribution < 1.29 is 9.18 Å². The Balaban J connectivity index is 1.99. The third-order valence-electron chi connectivity index (χ3n) is 2.43. The van der Waals surface area contributed by atoms with Gasteiger partial charge in [-0.3, -0.25) is 4.79 Å². The van der Waals surface area contributed by atoms with E-state index < -0.39 is 0 Å². The maximum Gasteiger partial charge on any atom is 0.242 e. The van der Waals surface area contributed by atoms with Gasteiger partial charge < -0.3 is 10.6 Å². The summed E-state index contributed by atoms with van der Waals surface area (Å²) in [7, 11) is 0. The molecule has 1 saturated heterocycles. The SMILES string of the molecule is O=C(Nc1ccc(F)c(Br)c1)C1CSCCN1. The van der Waals surface area contributed by atoms with Crippen molar-refractivity contribution in [3.05, 3.63) is 28.5 Å². The molecule has 6 heteroatoms. The quantitative estimate of drug-likeness (QED) is 0.878. The molecule has 1 heterocycles. The third-order valence-corrected chi connectivity index (χ3v) is 4.09. The Hall–Kier alpha value is -0.590. The van der Waals surface area contributed by atoms with Crippen molar-refractivity contribution in [3.63, 3.8) is 0 Å². The lowest BCUT2D eigenvalue weighted by Crippen LogP contribution is -2.46. The Morgan fingerprint density at radius 3 is 3.06 bits per heavy atom. The van der Waals surface area contributed by atoms with Crippen molar-refractivity contribution in [2.45, 2.75) is 6.04 Å². The summed E-state index contributed by atoms with van der Waals surface area (Å²) in [6.45, 7) is 0.843. The van der Waals surface area contributed by atoms with Gasteiger partial charge in [-0.15, -0.1) is 0 Å². The number of hydrogen-bond donors (Lipinski definition) is 2. The number of carbonyl (C=O) groups excluding carboxylic acids is 1. The van der Waals surface area contributed by atoms with Crippen molar-refractivity contribution in [3.8, 4) is 0 Å². The Bertz CT molecular complexity index is 424. The molecule has 1 atom stereocenters. The van der Waals surface area contributed by atoms with Gasteiger partial charge >= 0.3 is 0 Å². The minimum atomic E-state index is -0.339. The minimum absolute atomic E-state index is 0.0734. The first-order valence-corrected chi connectivity index (χ1v) is 7.18. The lowest BCUT2D eigenvalue weighted by molar-refractivity contribution is -0.117. The minimum Gasteiger partial charge on any atom is -0.325 e. The van der Waals surface area contributed by atoms with Crippen LogP contribution in [-0.4, -0.2) is 30.0 Å². The third kappa shape index (κ3) is 3.43. The highest BCUT2D eigenvalue weighted by molar-refractivity contribution is 9.10. The maximum atomic E-state index is 13.0. The van der Waals surface area contributed by atoms with Gasteiger partial charge in [-0.05, 0) is 34.1 Å². The molecule has 92 valence electrons. The average Bonchev–Trinajstić information content (AvgIpc) is 2.35. The van der Waals surface area contributed by atoms with Crippen LogP contribution in [0.25, 0.3) is 0 Å². The number of nitrogens with one attached hydrogen (secondary N) is 2. The zero-order chi connectivity index (χ0) is 12.3. The van der Waals surface area contributed by atoms with Gasteiger partial charge in [0.05, 0.1) is 10.5 Å². The number of rotatable bonds is 2. The molecule has 0 aromatic heterocycles. The molecule has 0 radical (unpaired) electrons. The van der Waals surface area contributed by atoms with Gasteiger partial charge in [0, 0.05) is 23.7 Å². The molecule has 2 N–H and O–H groups in total. The Morgan fingerprint density at radius 1 is 1.59 bits per heavy atom. The highest BCUT2D eigenvalue weighted by Crippen LogP contribution is 2.20. The van der Waals surface area contributed by atoms with Gasteiger partial charge in [0.2, 0.25) is 5.91 Å². The van der Waals surface area contributed by atoms with Crippen LogP contribution in [0, 0.1) is 5.82 Å². The predicted octanol–water partition coefficient (Wildman–Crippen LogP) is 2.23. The molecule has 1 amide bonds. The summed E-state index contributed by atoms with van der Waals surface area (Å²) in [5.41, 5.74) is 0.598. The van der Waals surface area contributed by atoms with Gasteiger partial charge in [-0.25, -0.2) is 4.39 Å². The van der Waals surface area contributed by atoms with Crippen LogP contribution in [0.3, 0.4) is 0 Å². The molecule has 3 nitrogen and oxygen atoms in total. The number of anilines is 1. The van der Waals surface area contributed by atoms with E-state index in [0.29, 0.717) is 10.2 Å². The highest BCUT2D eigenvalue weighted by atomic mass is 79.9. The molecule has 1 aliphatic rings. The van der Waals surface area contributed by atoms with Gasteiger partial charge in [0.15, 0.2) is 0 Å². The number of benzene rings is 1. The molecule has 0 bridgehead atoms. The average molecular weight is 319 g/mol. The predicted molar refractivity (Wildman–Crippen MR) is 71.8 cm³/mol. The number of amides is 1. The molecule has 1 unspecified atom stereocenters. The Morgan fingerprint density at radius 2 is 2.41 bits per heavy atom. The van der Waals surface area contributed by atoms with E-state index in [2.05, 4.69) is 26.6 Å². The van der Waals surface area contributed by atoms with E-state index in [1.807, 2.05) is 0 Å². The zero-order valence-electron chi connectivity index (χ0n) is 9.00. The fraction of sp³-hybridized carbons (Fsp3) is 0.364. The van der Waals surface area contributed by atoms with E-state index in [-0.39, 0.29) is 17.8 Å². The monoisotopic (exact) mass is 318 g/mol. The molecular weight excluding hydrogens is 307 g/mol. The maximum absolute atomic E-state index is 13.0. The first-order valence-electron chi connectivity index (χ1n) is 5.24. The lowest BCUT2D eigenvalue weighted by atomic mass is 10.2. The van der Waals surface area contributed by atoms with Crippen molar-refractivity contribution in [2.24, 2.45) is 0 Å². The summed E-state index contributed by atoms with van der Waals surface area (Å²) in [4.78, 5) is 11.9. The van der Waals surface area contributed by atoms with E-state index in [4.69, 9.17) is 0 Å². The number of halogens is 2. The van der Waals surface area contributed by atoms with Gasteiger partial charge in [-0.2, -0.15) is 11.8 Å². The summed E-state index contributed by atoms with van der Waals surface area (Å²) in [6.07, 6.45) is 0. The summed E-state index contributed by atoms with van der Waals surface area (Å²) in [5.74, 6) is 1.39. The summed E-state index contributed by atoms with van der Waals surface area (Å²) < 4.78 is 13.4. The topological polar surface area (TPSA) is 41.1 Å². The molecule has 1 fully saturated rings. The van der Waals surface area contributed by atoms with Crippen LogP contribution in [0.5, 0.6) is 0 Å². The second-order valence-corrected chi connectivity index (χ2v) is 5.70. The van der Waals surface area contributed by atoms with Crippen LogP contribution in [0.4, 0.5) is 10.1 Å². The summed E-state index contributed by atoms with van der Waals surface area (Å²) >= 11 is 4.84. The molecule has 1 aromatic rings. The van der Waals surface area contributed by atoms with Crippen molar-refractivity contribution >= 4 is 39.3 Å². The van der Waals surface area contributed by atoms with E-state index in [1.54, 1.807) is 23.9 Å². The second-order valence-electron chi connectivity index (χ2n) is 3.70. The number of thioether (sulfide) groups is 1. The van der Waals surface area contributed by atoms with E-state index >= 15 is 0 Å². The molecule has 0 aliphatic carbocycles. The first kappa shape index (κ1) is 12.9. The standard InChI is InChI=1S/C11H12BrFN2OS/c12-8-5-7(1-2-9(8)13)15-11(16)10-6-17-4-3-14-10/h1-2,5,10,14H,3-4,6H2,(H,15,16). The van der Waals surface area contributed by atoms with Crippen LogP contribution in [0.2, 0.25) is 0 Å². The Labute approximate surface area is 112 Å². The lowest BCUT2D eigenvalue weighted by Gasteiger charge is -2.22. The van der Waals surface area contributed by atoms with E-state index in [9.17, 15) is 9.18 Å². The van der Waals surface area contributed by atoms with Crippen molar-refractivity contribution in [1.29, 1.82) is 0 Å². The fourth-order valence-electron chi connectivity index (χ4n) is 1.54. The van der Waals surface area contributed by atoms with Crippen LogP contribution in [0.1, 0.15) is 0 Å². The van der Waals surface area contributed by atoms with Gasteiger partial charge in [-0.1, -0.05) is 0 Å². The van der Waals surface area contributed by atoms with Gasteiger partial charge in [0.1, 0.15) is 5.82 Å². The molecule has 2 rings (SSSR count). The molecule has 0 spiro atoms. The van der Waals surface area contributed by atoms with Crippen molar-refractivity contribution in [2.75, 3.05) is 23.4 Å². The summed E-state index contributed by atoms with van der Waals surface area (Å²) in [6, 6.07) is 4.26. The van der Waals surface area contributed by atoms with Crippen molar-refractivity contribution in [1.82, 2.24) is 5.32 Å². The highest BCUT2D eigenvalue weighted by Gasteiger charge is 2.20. The second kappa shape index (κ2) is 5.84. The first-order chi connectivity index (χ1) is 8.16. The van der Waals surface area contributed by atoms with Gasteiger partial charge in [0.25, 0.3) is 0 Å². The smallest absolute Gasteiger partial charge is 0.242 e. The molecule has 0 saturated carbocycles. The van der Waals surface area contributed by atoms with Crippen LogP contribution in [0.15, 0.2) is 22.7 Å². The number of carbonyl (C=O) groups is 1. The largest absolute Gasteiger partial charge is 0.325 e. The van der Waals surface area contributed by atoms with E-state index in [0.717, 1.165) is 18.1 Å². The van der Waals surface area contributed by atoms with E-state index in [1.165, 1.54) is 6.07 Å². The fourth-order valence-corrected chi connectivity index (χ4v) is 2.85. The Kier molecular flexibility index (Phi) is 4.42. The number of hydrogen-bond acceptors (Lipinski definition) is 3. The molecule has 1 aromatic carbocycles. The zero-order valence-corrected chi connectivity index (χ0v) is 11.4. The van der Waals surface area contributed by atoms with Crippen LogP contribution in [-0.2, 0) is 4.79 Å². The van der Waals surface area contributed by atoms with Crippen LogP contribution >= 0.6 is 27.7 Å². The molecular formula is C11H12BrFN2OS. The molecule has 1 aliphatic heterocycles. The molecule has 17 heavy (non-hydrogen) atoms. The van der Waals surface area contributed by atoms with Crippen LogP contribution < -0.4 is 10.6 Å². The normalized spacial score (nSPS) is 20.0.